The van der Waals surface area contributed by atoms with E-state index in [0.717, 1.165) is 78.2 Å². The second kappa shape index (κ2) is 14.4. The number of aromatic nitrogens is 2. The molecule has 0 atom stereocenters. The number of rotatable bonds is 8. The third kappa shape index (κ3) is 6.10. The van der Waals surface area contributed by atoms with Gasteiger partial charge in [0, 0.05) is 65.1 Å². The molecule has 0 saturated carbocycles. The van der Waals surface area contributed by atoms with Gasteiger partial charge in [0.15, 0.2) is 11.2 Å². The first kappa shape index (κ1) is 35.0. The first-order chi connectivity index (χ1) is 30.2. The Bertz CT molecular complexity index is 3450. The van der Waals surface area contributed by atoms with Crippen LogP contribution in [0.15, 0.2) is 215 Å². The lowest BCUT2D eigenvalue weighted by molar-refractivity contribution is 0.619. The number of para-hydroxylation sites is 6. The summed E-state index contributed by atoms with van der Waals surface area (Å²) in [7, 11) is 0. The van der Waals surface area contributed by atoms with Gasteiger partial charge in [-0.2, -0.15) is 0 Å². The lowest BCUT2D eigenvalue weighted by atomic mass is 10.0. The maximum Gasteiger partial charge on any atom is 0.227 e. The molecule has 0 fully saturated rings. The highest BCUT2D eigenvalue weighted by Crippen LogP contribution is 2.46. The van der Waals surface area contributed by atoms with E-state index in [-0.39, 0.29) is 0 Å². The minimum atomic E-state index is 0.594. The molecule has 7 heteroatoms. The summed E-state index contributed by atoms with van der Waals surface area (Å²) in [6, 6.07) is 71.8. The zero-order valence-corrected chi connectivity index (χ0v) is 33.5. The predicted octanol–water partition coefficient (Wildman–Crippen LogP) is 15.8. The van der Waals surface area contributed by atoms with Gasteiger partial charge < -0.3 is 18.6 Å². The fraction of sp³-hybridized carbons (Fsp3) is 0. The number of hydrogen-bond acceptors (Lipinski definition) is 7. The van der Waals surface area contributed by atoms with E-state index >= 15 is 0 Å². The van der Waals surface area contributed by atoms with Crippen LogP contribution in [0.3, 0.4) is 0 Å². The van der Waals surface area contributed by atoms with Crippen LogP contribution in [0.5, 0.6) is 0 Å². The van der Waals surface area contributed by atoms with Gasteiger partial charge in [0.05, 0.1) is 5.69 Å². The molecular formula is C54H34N4O2S. The first-order valence-electron chi connectivity index (χ1n) is 20.2. The largest absolute Gasteiger partial charge is 0.436 e. The van der Waals surface area contributed by atoms with Crippen LogP contribution in [0.1, 0.15) is 0 Å². The molecule has 0 spiro atoms. The van der Waals surface area contributed by atoms with E-state index in [9.17, 15) is 0 Å². The Hall–Kier alpha value is -8.00. The minimum Gasteiger partial charge on any atom is -0.436 e. The maximum absolute atomic E-state index is 6.32. The second-order valence-corrected chi connectivity index (χ2v) is 16.1. The molecule has 0 amide bonds. The number of thiophene rings is 1. The Morgan fingerprint density at radius 1 is 0.361 bits per heavy atom. The topological polar surface area (TPSA) is 58.5 Å². The fourth-order valence-electron chi connectivity index (χ4n) is 8.47. The molecule has 6 nitrogen and oxygen atoms in total. The quantitative estimate of drug-likeness (QED) is 0.152. The van der Waals surface area contributed by atoms with Crippen molar-refractivity contribution in [1.29, 1.82) is 0 Å². The summed E-state index contributed by atoms with van der Waals surface area (Å²) in [6.07, 6.45) is 0. The lowest BCUT2D eigenvalue weighted by Gasteiger charge is -2.27. The van der Waals surface area contributed by atoms with Crippen molar-refractivity contribution >= 4 is 98.6 Å². The molecule has 0 aliphatic rings. The zero-order valence-electron chi connectivity index (χ0n) is 32.6. The predicted molar refractivity (Wildman–Crippen MR) is 252 cm³/mol. The molecule has 0 aliphatic heterocycles. The Morgan fingerprint density at radius 2 is 0.934 bits per heavy atom. The molecule has 12 rings (SSSR count). The number of benzene rings is 9. The van der Waals surface area contributed by atoms with Crippen LogP contribution >= 0.6 is 11.3 Å². The SMILES string of the molecule is c1ccc(N(c2ccccc2)c2ccc3c(c2)sc2ccc(N(c4ccc(-c5nc6ccccc6o5)cc4)c4cccc5c(-c6nc7ccccc7o6)cccc45)cc23)cc1. The normalized spacial score (nSPS) is 11.6. The summed E-state index contributed by atoms with van der Waals surface area (Å²) in [5.74, 6) is 1.19. The van der Waals surface area contributed by atoms with E-state index in [1.165, 1.54) is 20.2 Å². The van der Waals surface area contributed by atoms with Gasteiger partial charge in [0.25, 0.3) is 0 Å². The number of hydrogen-bond donors (Lipinski definition) is 0. The lowest BCUT2D eigenvalue weighted by Crippen LogP contribution is -2.10. The number of anilines is 6. The molecule has 0 aliphatic carbocycles. The van der Waals surface area contributed by atoms with E-state index in [2.05, 4.69) is 168 Å². The van der Waals surface area contributed by atoms with E-state index < -0.39 is 0 Å². The summed E-state index contributed by atoms with van der Waals surface area (Å²) in [4.78, 5) is 14.3. The summed E-state index contributed by atoms with van der Waals surface area (Å²) >= 11 is 1.82. The van der Waals surface area contributed by atoms with Crippen molar-refractivity contribution in [3.8, 4) is 22.9 Å². The highest BCUT2D eigenvalue weighted by Gasteiger charge is 2.21. The first-order valence-corrected chi connectivity index (χ1v) is 21.0. The molecule has 0 unspecified atom stereocenters. The molecule has 288 valence electrons. The van der Waals surface area contributed by atoms with Crippen molar-refractivity contribution in [3.05, 3.63) is 206 Å². The molecule has 61 heavy (non-hydrogen) atoms. The molecule has 3 heterocycles. The summed E-state index contributed by atoms with van der Waals surface area (Å²) < 4.78 is 14.9. The van der Waals surface area contributed by atoms with Gasteiger partial charge in [-0.3, -0.25) is 0 Å². The minimum absolute atomic E-state index is 0.594. The van der Waals surface area contributed by atoms with Crippen LogP contribution in [0, 0.1) is 0 Å². The second-order valence-electron chi connectivity index (χ2n) is 15.0. The molecular weight excluding hydrogens is 769 g/mol. The van der Waals surface area contributed by atoms with Crippen molar-refractivity contribution in [2.45, 2.75) is 0 Å². The van der Waals surface area contributed by atoms with Crippen LogP contribution in [-0.2, 0) is 0 Å². The van der Waals surface area contributed by atoms with E-state index in [1.54, 1.807) is 0 Å². The summed E-state index contributed by atoms with van der Waals surface area (Å²) in [5, 5.41) is 4.55. The van der Waals surface area contributed by atoms with Gasteiger partial charge in [-0.05, 0) is 121 Å². The van der Waals surface area contributed by atoms with Crippen molar-refractivity contribution < 1.29 is 8.83 Å². The van der Waals surface area contributed by atoms with Gasteiger partial charge in [0.2, 0.25) is 11.8 Å². The summed E-state index contributed by atoms with van der Waals surface area (Å²) in [5.41, 5.74) is 11.5. The van der Waals surface area contributed by atoms with Crippen LogP contribution in [0.2, 0.25) is 0 Å². The average Bonchev–Trinajstić information content (AvgIpc) is 4.05. The molecule has 12 aromatic rings. The maximum atomic E-state index is 6.32. The van der Waals surface area contributed by atoms with Crippen molar-refractivity contribution in [3.63, 3.8) is 0 Å². The highest BCUT2D eigenvalue weighted by molar-refractivity contribution is 7.25. The van der Waals surface area contributed by atoms with Crippen LogP contribution in [-0.4, -0.2) is 9.97 Å². The molecule has 0 saturated heterocycles. The third-order valence-corrected chi connectivity index (χ3v) is 12.4. The number of oxazole rings is 2. The number of nitrogens with zero attached hydrogens (tertiary/aromatic N) is 4. The van der Waals surface area contributed by atoms with Crippen LogP contribution < -0.4 is 9.80 Å². The standard InChI is InChI=1S/C54H34N4O2S/c1-3-13-36(14-4-1)57(37-15-5-2-6-16-37)40-29-31-43-45-33-39(30-32-51(45)61-52(43)34-40)58(38-27-25-35(26-28-38)53-55-46-20-7-9-23-49(46)59-53)48-22-12-17-41-42(48)18-11-19-44(41)54-56-47-21-8-10-24-50(47)60-54/h1-34H. The van der Waals surface area contributed by atoms with Crippen molar-refractivity contribution in [2.24, 2.45) is 0 Å². The van der Waals surface area contributed by atoms with Gasteiger partial charge >= 0.3 is 0 Å². The molecule has 0 bridgehead atoms. The van der Waals surface area contributed by atoms with Crippen LogP contribution in [0.4, 0.5) is 34.1 Å². The Balaban J connectivity index is 1.01. The third-order valence-electron chi connectivity index (χ3n) is 11.3. The van der Waals surface area contributed by atoms with Gasteiger partial charge in [-0.15, -0.1) is 11.3 Å². The van der Waals surface area contributed by atoms with Crippen molar-refractivity contribution in [1.82, 2.24) is 9.97 Å². The van der Waals surface area contributed by atoms with Gasteiger partial charge in [-0.25, -0.2) is 9.97 Å². The Kier molecular flexibility index (Phi) is 8.25. The van der Waals surface area contributed by atoms with Crippen molar-refractivity contribution in [2.75, 3.05) is 9.80 Å². The molecule has 0 N–H and O–H groups in total. The molecule has 0 radical (unpaired) electrons. The van der Waals surface area contributed by atoms with Gasteiger partial charge in [-0.1, -0.05) is 91.0 Å². The van der Waals surface area contributed by atoms with Gasteiger partial charge in [0.1, 0.15) is 11.0 Å². The summed E-state index contributed by atoms with van der Waals surface area (Å²) in [6.45, 7) is 0. The Morgan fingerprint density at radius 3 is 1.66 bits per heavy atom. The number of fused-ring (bicyclic) bond motifs is 6. The average molecular weight is 803 g/mol. The monoisotopic (exact) mass is 802 g/mol. The van der Waals surface area contributed by atoms with E-state index in [4.69, 9.17) is 18.8 Å². The van der Waals surface area contributed by atoms with Crippen LogP contribution in [0.25, 0.3) is 76.1 Å². The van der Waals surface area contributed by atoms with E-state index in [1.807, 2.05) is 59.9 Å². The Labute approximate surface area is 354 Å². The molecule has 9 aromatic carbocycles. The fourth-order valence-corrected chi connectivity index (χ4v) is 9.59. The zero-order chi connectivity index (χ0) is 40.3. The smallest absolute Gasteiger partial charge is 0.227 e. The highest BCUT2D eigenvalue weighted by atomic mass is 32.1. The molecule has 3 aromatic heterocycles. The van der Waals surface area contributed by atoms with E-state index in [0.29, 0.717) is 11.8 Å².